The van der Waals surface area contributed by atoms with E-state index in [-0.39, 0.29) is 0 Å². The van der Waals surface area contributed by atoms with Crippen LogP contribution in [-0.4, -0.2) is 19.5 Å². The second-order valence-electron chi connectivity index (χ2n) is 13.0. The monoisotopic (exact) mass is 701 g/mol. The van der Waals surface area contributed by atoms with Gasteiger partial charge in [-0.25, -0.2) is 15.0 Å². The topological polar surface area (TPSA) is 115 Å². The molecule has 7 heteroatoms. The van der Waals surface area contributed by atoms with Crippen LogP contribution in [0.1, 0.15) is 16.7 Å². The summed E-state index contributed by atoms with van der Waals surface area (Å²) in [4.78, 5) is 14.8. The largest absolute Gasteiger partial charge is 0.308 e. The Morgan fingerprint density at radius 3 is 1.25 bits per heavy atom. The van der Waals surface area contributed by atoms with Gasteiger partial charge < -0.3 is 4.57 Å². The second kappa shape index (κ2) is 13.7. The van der Waals surface area contributed by atoms with Gasteiger partial charge in [0.15, 0.2) is 17.5 Å². The average Bonchev–Trinajstić information content (AvgIpc) is 3.59. The maximum Gasteiger partial charge on any atom is 0.164 e. The summed E-state index contributed by atoms with van der Waals surface area (Å²) < 4.78 is 2.10. The van der Waals surface area contributed by atoms with Crippen LogP contribution in [0, 0.1) is 34.0 Å². The first-order chi connectivity index (χ1) is 27.1. The number of rotatable bonds is 6. The van der Waals surface area contributed by atoms with Crippen molar-refractivity contribution in [2.24, 2.45) is 0 Å². The van der Waals surface area contributed by atoms with Crippen LogP contribution in [0.2, 0.25) is 0 Å². The van der Waals surface area contributed by atoms with Crippen molar-refractivity contribution in [3.63, 3.8) is 0 Å². The van der Waals surface area contributed by atoms with E-state index < -0.39 is 0 Å². The fraction of sp³-hybridized carbons (Fsp3) is 0. The van der Waals surface area contributed by atoms with Crippen LogP contribution in [-0.2, 0) is 0 Å². The van der Waals surface area contributed by atoms with E-state index in [0.717, 1.165) is 60.8 Å². The van der Waals surface area contributed by atoms with Crippen LogP contribution in [0.25, 0.3) is 83.9 Å². The first kappa shape index (κ1) is 32.7. The van der Waals surface area contributed by atoms with E-state index in [2.05, 4.69) is 34.9 Å². The fourth-order valence-electron chi connectivity index (χ4n) is 7.17. The molecule has 0 fully saturated rings. The van der Waals surface area contributed by atoms with Crippen molar-refractivity contribution < 1.29 is 0 Å². The minimum atomic E-state index is 0.473. The van der Waals surface area contributed by atoms with E-state index in [9.17, 15) is 15.8 Å². The minimum Gasteiger partial charge on any atom is -0.308 e. The third-order valence-electron chi connectivity index (χ3n) is 9.80. The predicted molar refractivity (Wildman–Crippen MR) is 215 cm³/mol. The first-order valence-electron chi connectivity index (χ1n) is 17.6. The molecule has 0 radical (unpaired) electrons. The fourth-order valence-corrected chi connectivity index (χ4v) is 7.17. The van der Waals surface area contributed by atoms with Crippen molar-refractivity contribution in [1.29, 1.82) is 15.8 Å². The Balaban J connectivity index is 1.30. The quantitative estimate of drug-likeness (QED) is 0.170. The van der Waals surface area contributed by atoms with E-state index in [1.54, 1.807) is 0 Å². The minimum absolute atomic E-state index is 0.473. The van der Waals surface area contributed by atoms with Crippen LogP contribution < -0.4 is 0 Å². The molecular weight excluding hydrogens is 675 g/mol. The molecule has 0 bridgehead atoms. The number of benzene rings is 7. The lowest BCUT2D eigenvalue weighted by Gasteiger charge is -2.13. The van der Waals surface area contributed by atoms with Gasteiger partial charge in [0.2, 0.25) is 0 Å². The van der Waals surface area contributed by atoms with Crippen LogP contribution >= 0.6 is 0 Å². The molecule has 0 unspecified atom stereocenters. The Morgan fingerprint density at radius 2 is 0.782 bits per heavy atom. The third-order valence-corrected chi connectivity index (χ3v) is 9.80. The molecule has 0 saturated heterocycles. The Hall–Kier alpha value is -8.18. The summed E-state index contributed by atoms with van der Waals surface area (Å²) >= 11 is 0. The molecule has 55 heavy (non-hydrogen) atoms. The standard InChI is InChI=1S/C48H27N7/c49-28-36-15-7-9-17-39(36)33-21-23-43-41(25-33)42-26-34(40-18-10-8-16-37(40)29-50)22-24-44(42)55(43)45-27-35(19-20-38(45)30-51)48-53-46(31-11-3-1-4-12-31)52-47(54-48)32-13-5-2-6-14-32/h1-27H. The molecule has 0 N–H and O–H groups in total. The SMILES string of the molecule is N#Cc1ccccc1-c1ccc2c(c1)c1cc(-c3ccccc3C#N)ccc1n2-c1cc(-c2nc(-c3ccccc3)nc(-c3ccccc3)n2)ccc1C#N. The number of fused-ring (bicyclic) bond motifs is 3. The average molecular weight is 702 g/mol. The zero-order valence-electron chi connectivity index (χ0n) is 29.2. The van der Waals surface area contributed by atoms with Crippen LogP contribution in [0.4, 0.5) is 0 Å². The highest BCUT2D eigenvalue weighted by atomic mass is 15.0. The predicted octanol–water partition coefficient (Wildman–Crippen LogP) is 10.9. The van der Waals surface area contributed by atoms with Crippen molar-refractivity contribution in [2.75, 3.05) is 0 Å². The molecule has 254 valence electrons. The summed E-state index contributed by atoms with van der Waals surface area (Å²) in [6.45, 7) is 0. The molecule has 9 aromatic rings. The van der Waals surface area contributed by atoms with Gasteiger partial charge in [-0.1, -0.05) is 109 Å². The molecule has 0 atom stereocenters. The molecule has 0 aliphatic rings. The molecule has 0 spiro atoms. The van der Waals surface area contributed by atoms with Gasteiger partial charge in [-0.05, 0) is 76.9 Å². The van der Waals surface area contributed by atoms with Crippen molar-refractivity contribution >= 4 is 21.8 Å². The maximum absolute atomic E-state index is 10.5. The lowest BCUT2D eigenvalue weighted by atomic mass is 9.96. The number of hydrogen-bond acceptors (Lipinski definition) is 6. The van der Waals surface area contributed by atoms with Gasteiger partial charge >= 0.3 is 0 Å². The molecule has 0 saturated carbocycles. The lowest BCUT2D eigenvalue weighted by molar-refractivity contribution is 1.07. The summed E-state index contributed by atoms with van der Waals surface area (Å²) in [7, 11) is 0. The van der Waals surface area contributed by atoms with Crippen molar-refractivity contribution in [3.05, 3.63) is 180 Å². The van der Waals surface area contributed by atoms with Gasteiger partial charge in [0.25, 0.3) is 0 Å². The smallest absolute Gasteiger partial charge is 0.164 e. The van der Waals surface area contributed by atoms with Crippen molar-refractivity contribution in [1.82, 2.24) is 19.5 Å². The van der Waals surface area contributed by atoms with Crippen LogP contribution in [0.5, 0.6) is 0 Å². The number of nitriles is 3. The summed E-state index contributed by atoms with van der Waals surface area (Å²) in [6.07, 6.45) is 0. The molecule has 9 rings (SSSR count). The van der Waals surface area contributed by atoms with Crippen molar-refractivity contribution in [3.8, 4) is 80.3 Å². The van der Waals surface area contributed by atoms with E-state index in [1.165, 1.54) is 0 Å². The molecule has 2 heterocycles. The van der Waals surface area contributed by atoms with Gasteiger partial charge in [-0.15, -0.1) is 0 Å². The molecule has 7 nitrogen and oxygen atoms in total. The molecule has 0 aliphatic carbocycles. The number of aromatic nitrogens is 4. The molecule has 0 amide bonds. The second-order valence-corrected chi connectivity index (χ2v) is 13.0. The van der Waals surface area contributed by atoms with Crippen LogP contribution in [0.15, 0.2) is 164 Å². The summed E-state index contributed by atoms with van der Waals surface area (Å²) in [6, 6.07) is 59.8. The normalized spacial score (nSPS) is 10.9. The van der Waals surface area contributed by atoms with Gasteiger partial charge in [0, 0.05) is 27.5 Å². The zero-order chi connectivity index (χ0) is 37.3. The Kier molecular flexibility index (Phi) is 8.18. The van der Waals surface area contributed by atoms with E-state index in [1.807, 2.05) is 152 Å². The van der Waals surface area contributed by atoms with Gasteiger partial charge in [-0.3, -0.25) is 0 Å². The highest BCUT2D eigenvalue weighted by Crippen LogP contribution is 2.39. The van der Waals surface area contributed by atoms with E-state index in [4.69, 9.17) is 15.0 Å². The Morgan fingerprint density at radius 1 is 0.364 bits per heavy atom. The number of nitrogens with zero attached hydrogens (tertiary/aromatic N) is 7. The van der Waals surface area contributed by atoms with E-state index in [0.29, 0.717) is 39.9 Å². The molecule has 0 aliphatic heterocycles. The lowest BCUT2D eigenvalue weighted by Crippen LogP contribution is -2.02. The maximum atomic E-state index is 10.5. The summed E-state index contributed by atoms with van der Waals surface area (Å²) in [5.74, 6) is 1.56. The van der Waals surface area contributed by atoms with Crippen LogP contribution in [0.3, 0.4) is 0 Å². The Labute approximate surface area is 316 Å². The third kappa shape index (κ3) is 5.83. The van der Waals surface area contributed by atoms with E-state index >= 15 is 0 Å². The van der Waals surface area contributed by atoms with Gasteiger partial charge in [0.1, 0.15) is 6.07 Å². The van der Waals surface area contributed by atoms with Crippen molar-refractivity contribution in [2.45, 2.75) is 0 Å². The zero-order valence-corrected chi connectivity index (χ0v) is 29.2. The first-order valence-corrected chi connectivity index (χ1v) is 17.6. The van der Waals surface area contributed by atoms with Gasteiger partial charge in [0.05, 0.1) is 45.5 Å². The molecule has 2 aromatic heterocycles. The van der Waals surface area contributed by atoms with Gasteiger partial charge in [-0.2, -0.15) is 15.8 Å². The molecular formula is C48H27N7. The summed E-state index contributed by atoms with van der Waals surface area (Å²) in [5, 5.41) is 32.3. The number of hydrogen-bond donors (Lipinski definition) is 0. The highest BCUT2D eigenvalue weighted by molar-refractivity contribution is 6.12. The molecule has 7 aromatic carbocycles. The highest BCUT2D eigenvalue weighted by Gasteiger charge is 2.20. The summed E-state index contributed by atoms with van der Waals surface area (Å²) in [5.41, 5.74) is 9.94. The Bertz CT molecular complexity index is 2900.